The van der Waals surface area contributed by atoms with Crippen LogP contribution in [0.4, 0.5) is 0 Å². The minimum atomic E-state index is -0.952. The molecule has 0 saturated heterocycles. The fourth-order valence-corrected chi connectivity index (χ4v) is 5.89. The standard InChI is InChI=1S/C26H40O5/c1-6-25(4,5)24(30)31-21-13-16(2)12-18-11-10-17(3)26(23(18)21)15-19(26)8-7-9-20(27)14-22(28)29/h10-12,16-17,19-21,23,27H,6-9,13-15H2,1-5H3,(H,28,29)/t16-,17-,19?,20-,21?,23?,26?/m0/s1. The monoisotopic (exact) mass is 432 g/mol. The van der Waals surface area contributed by atoms with Crippen molar-refractivity contribution >= 4 is 11.9 Å². The van der Waals surface area contributed by atoms with E-state index in [-0.39, 0.29) is 29.8 Å². The molecule has 0 aliphatic heterocycles. The van der Waals surface area contributed by atoms with Crippen molar-refractivity contribution in [2.24, 2.45) is 34.5 Å². The van der Waals surface area contributed by atoms with E-state index < -0.39 is 17.5 Å². The number of carboxylic acids is 1. The molecule has 31 heavy (non-hydrogen) atoms. The number of ether oxygens (including phenoxy) is 1. The summed E-state index contributed by atoms with van der Waals surface area (Å²) in [6.07, 6.45) is 10.9. The molecule has 1 fully saturated rings. The van der Waals surface area contributed by atoms with E-state index in [1.165, 1.54) is 5.57 Å². The lowest BCUT2D eigenvalue weighted by Crippen LogP contribution is -2.44. The number of aliphatic hydroxyl groups is 1. The summed E-state index contributed by atoms with van der Waals surface area (Å²) in [6.45, 7) is 10.4. The van der Waals surface area contributed by atoms with Crippen LogP contribution in [0.2, 0.25) is 0 Å². The first-order valence-corrected chi connectivity index (χ1v) is 12.0. The van der Waals surface area contributed by atoms with Gasteiger partial charge in [0.1, 0.15) is 6.10 Å². The maximum Gasteiger partial charge on any atom is 0.311 e. The molecule has 7 atom stereocenters. The Hall–Kier alpha value is -1.62. The highest BCUT2D eigenvalue weighted by Gasteiger charge is 2.65. The van der Waals surface area contributed by atoms with Crippen molar-refractivity contribution in [1.82, 2.24) is 0 Å². The van der Waals surface area contributed by atoms with Crippen molar-refractivity contribution < 1.29 is 24.5 Å². The van der Waals surface area contributed by atoms with Gasteiger partial charge in [-0.05, 0) is 74.7 Å². The summed E-state index contributed by atoms with van der Waals surface area (Å²) >= 11 is 0. The van der Waals surface area contributed by atoms with Crippen molar-refractivity contribution in [1.29, 1.82) is 0 Å². The molecule has 1 saturated carbocycles. The number of hydrogen-bond donors (Lipinski definition) is 2. The second kappa shape index (κ2) is 9.09. The van der Waals surface area contributed by atoms with E-state index in [1.807, 2.05) is 20.8 Å². The number of rotatable bonds is 9. The minimum absolute atomic E-state index is 0.0941. The van der Waals surface area contributed by atoms with E-state index in [4.69, 9.17) is 9.84 Å². The van der Waals surface area contributed by atoms with E-state index in [9.17, 15) is 14.7 Å². The number of aliphatic carboxylic acids is 1. The Labute approximate surface area is 186 Å². The van der Waals surface area contributed by atoms with E-state index in [0.29, 0.717) is 24.2 Å². The highest BCUT2D eigenvalue weighted by atomic mass is 16.5. The van der Waals surface area contributed by atoms with Crippen LogP contribution < -0.4 is 0 Å². The number of fused-ring (bicyclic) bond motifs is 2. The molecule has 3 aliphatic rings. The van der Waals surface area contributed by atoms with Gasteiger partial charge in [0.15, 0.2) is 0 Å². The Morgan fingerprint density at radius 2 is 2.03 bits per heavy atom. The maximum absolute atomic E-state index is 12.9. The largest absolute Gasteiger partial charge is 0.481 e. The molecule has 5 nitrogen and oxygen atoms in total. The Kier molecular flexibility index (Phi) is 7.05. The summed E-state index contributed by atoms with van der Waals surface area (Å²) in [5, 5.41) is 18.8. The average molecular weight is 433 g/mol. The van der Waals surface area contributed by atoms with Crippen LogP contribution in [-0.4, -0.2) is 34.4 Å². The normalized spacial score (nSPS) is 35.3. The fourth-order valence-electron chi connectivity index (χ4n) is 5.89. The number of carbonyl (C=O) groups is 2. The summed E-state index contributed by atoms with van der Waals surface area (Å²) < 4.78 is 6.23. The fraction of sp³-hybridized carbons (Fsp3) is 0.769. The molecule has 0 radical (unpaired) electrons. The third-order valence-corrected chi connectivity index (χ3v) is 8.21. The Morgan fingerprint density at radius 1 is 1.32 bits per heavy atom. The van der Waals surface area contributed by atoms with Gasteiger partial charge in [-0.25, -0.2) is 0 Å². The zero-order valence-electron chi connectivity index (χ0n) is 19.8. The molecule has 0 bridgehead atoms. The Bertz CT molecular complexity index is 751. The lowest BCUT2D eigenvalue weighted by molar-refractivity contribution is -0.165. The quantitative estimate of drug-likeness (QED) is 0.493. The molecular formula is C26H40O5. The molecule has 2 N–H and O–H groups in total. The summed E-state index contributed by atoms with van der Waals surface area (Å²) in [5.74, 6) is 0.498. The van der Waals surface area contributed by atoms with Crippen LogP contribution in [0.15, 0.2) is 23.8 Å². The van der Waals surface area contributed by atoms with Gasteiger partial charge in [0.25, 0.3) is 0 Å². The first-order valence-electron chi connectivity index (χ1n) is 12.0. The molecule has 0 aromatic carbocycles. The van der Waals surface area contributed by atoms with Gasteiger partial charge >= 0.3 is 11.9 Å². The summed E-state index contributed by atoms with van der Waals surface area (Å²) in [7, 11) is 0. The number of hydrogen-bond acceptors (Lipinski definition) is 4. The van der Waals surface area contributed by atoms with Crippen LogP contribution in [-0.2, 0) is 14.3 Å². The van der Waals surface area contributed by atoms with Crippen molar-refractivity contribution in [3.8, 4) is 0 Å². The zero-order valence-corrected chi connectivity index (χ0v) is 19.8. The summed E-state index contributed by atoms with van der Waals surface area (Å²) in [5.41, 5.74) is 0.953. The van der Waals surface area contributed by atoms with Crippen molar-refractivity contribution in [2.75, 3.05) is 0 Å². The Morgan fingerprint density at radius 3 is 2.68 bits per heavy atom. The van der Waals surface area contributed by atoms with Gasteiger partial charge in [0, 0.05) is 5.92 Å². The molecule has 0 aromatic heterocycles. The summed E-state index contributed by atoms with van der Waals surface area (Å²) in [4.78, 5) is 23.7. The van der Waals surface area contributed by atoms with E-state index in [2.05, 4.69) is 32.1 Å². The van der Waals surface area contributed by atoms with Gasteiger partial charge in [-0.2, -0.15) is 0 Å². The highest BCUT2D eigenvalue weighted by molar-refractivity contribution is 5.76. The van der Waals surface area contributed by atoms with Crippen molar-refractivity contribution in [3.63, 3.8) is 0 Å². The van der Waals surface area contributed by atoms with Gasteiger partial charge in [0.05, 0.1) is 17.9 Å². The molecule has 4 unspecified atom stereocenters. The van der Waals surface area contributed by atoms with Crippen LogP contribution in [0, 0.1) is 34.5 Å². The Balaban J connectivity index is 1.74. The van der Waals surface area contributed by atoms with Crippen molar-refractivity contribution in [2.45, 2.75) is 91.8 Å². The molecular weight excluding hydrogens is 392 g/mol. The zero-order chi connectivity index (χ0) is 23.0. The second-order valence-corrected chi connectivity index (χ2v) is 10.9. The molecule has 3 rings (SSSR count). The highest BCUT2D eigenvalue weighted by Crippen LogP contribution is 2.69. The van der Waals surface area contributed by atoms with Crippen LogP contribution in [0.25, 0.3) is 0 Å². The molecule has 5 heteroatoms. The number of carbonyl (C=O) groups excluding carboxylic acids is 1. The van der Waals surface area contributed by atoms with Gasteiger partial charge in [-0.15, -0.1) is 0 Å². The van der Waals surface area contributed by atoms with Crippen LogP contribution in [0.5, 0.6) is 0 Å². The number of esters is 1. The summed E-state index contributed by atoms with van der Waals surface area (Å²) in [6, 6.07) is 0. The predicted molar refractivity (Wildman–Crippen MR) is 120 cm³/mol. The number of allylic oxidation sites excluding steroid dienone is 3. The predicted octanol–water partition coefficient (Wildman–Crippen LogP) is 5.13. The maximum atomic E-state index is 12.9. The lowest BCUT2D eigenvalue weighted by Gasteiger charge is -2.45. The first-order chi connectivity index (χ1) is 14.5. The van der Waals surface area contributed by atoms with Gasteiger partial charge in [-0.3, -0.25) is 9.59 Å². The smallest absolute Gasteiger partial charge is 0.311 e. The SMILES string of the molecule is CCC(C)(C)C(=O)OC1C[C@@H](C)C=C2C=C[C@H](C)C3(CC3CCC[C@H](O)CC(=O)O)C21. The molecule has 0 heterocycles. The molecule has 0 amide bonds. The van der Waals surface area contributed by atoms with Gasteiger partial charge in [0.2, 0.25) is 0 Å². The second-order valence-electron chi connectivity index (χ2n) is 10.9. The van der Waals surface area contributed by atoms with Crippen LogP contribution in [0.1, 0.15) is 79.6 Å². The van der Waals surface area contributed by atoms with Gasteiger partial charge in [-0.1, -0.05) is 45.4 Å². The first kappa shape index (κ1) is 24.0. The molecule has 0 aromatic rings. The van der Waals surface area contributed by atoms with Gasteiger partial charge < -0.3 is 14.9 Å². The molecule has 1 spiro atoms. The molecule has 174 valence electrons. The van der Waals surface area contributed by atoms with Crippen molar-refractivity contribution in [3.05, 3.63) is 23.8 Å². The van der Waals surface area contributed by atoms with E-state index >= 15 is 0 Å². The number of carboxylic acid groups (broad SMARTS) is 1. The third kappa shape index (κ3) is 4.92. The lowest BCUT2D eigenvalue weighted by atomic mass is 9.63. The topological polar surface area (TPSA) is 83.8 Å². The van der Waals surface area contributed by atoms with Crippen LogP contribution in [0.3, 0.4) is 0 Å². The minimum Gasteiger partial charge on any atom is -0.481 e. The van der Waals surface area contributed by atoms with Crippen LogP contribution >= 0.6 is 0 Å². The molecule has 3 aliphatic carbocycles. The third-order valence-electron chi connectivity index (χ3n) is 8.21. The number of aliphatic hydroxyl groups excluding tert-OH is 1. The van der Waals surface area contributed by atoms with E-state index in [1.54, 1.807) is 0 Å². The average Bonchev–Trinajstić information content (AvgIpc) is 3.38. The van der Waals surface area contributed by atoms with E-state index in [0.717, 1.165) is 32.1 Å².